The van der Waals surface area contributed by atoms with Crippen molar-refractivity contribution in [1.82, 2.24) is 25.3 Å². The molecule has 1 aromatic rings. The molecule has 0 saturated carbocycles. The van der Waals surface area contributed by atoms with Crippen LogP contribution in [0.3, 0.4) is 0 Å². The van der Waals surface area contributed by atoms with Gasteiger partial charge in [0.15, 0.2) is 0 Å². The number of likely N-dealkylation sites (tertiary alicyclic amines) is 1. The number of hydrogen-bond acceptors (Lipinski definition) is 3. The second kappa shape index (κ2) is 7.13. The number of carbonyl (C=O) groups excluding carboxylic acids is 1. The molecule has 2 rings (SSSR count). The lowest BCUT2D eigenvalue weighted by Crippen LogP contribution is -2.40. The van der Waals surface area contributed by atoms with Crippen molar-refractivity contribution in [3.05, 3.63) is 17.0 Å². The van der Waals surface area contributed by atoms with E-state index in [1.807, 2.05) is 11.8 Å². The summed E-state index contributed by atoms with van der Waals surface area (Å²) in [6.45, 7) is 13.6. The van der Waals surface area contributed by atoms with Crippen LogP contribution in [0.25, 0.3) is 0 Å². The molecular formula is C16H29N5O. The van der Waals surface area contributed by atoms with Gasteiger partial charge in [-0.3, -0.25) is 4.68 Å². The molecule has 0 aliphatic carbocycles. The summed E-state index contributed by atoms with van der Waals surface area (Å²) in [5.74, 6) is 0. The van der Waals surface area contributed by atoms with Gasteiger partial charge in [-0.05, 0) is 41.0 Å². The zero-order valence-corrected chi connectivity index (χ0v) is 14.4. The number of aromatic nitrogens is 2. The van der Waals surface area contributed by atoms with Crippen molar-refractivity contribution in [2.45, 2.75) is 59.7 Å². The summed E-state index contributed by atoms with van der Waals surface area (Å²) in [7, 11) is 0. The first-order valence-corrected chi connectivity index (χ1v) is 8.24. The Labute approximate surface area is 133 Å². The monoisotopic (exact) mass is 307 g/mol. The summed E-state index contributed by atoms with van der Waals surface area (Å²) in [6.07, 6.45) is 1.01. The first kappa shape index (κ1) is 16.8. The lowest BCUT2D eigenvalue weighted by Gasteiger charge is -2.17. The molecular weight excluding hydrogens is 278 g/mol. The molecule has 1 unspecified atom stereocenters. The fourth-order valence-electron chi connectivity index (χ4n) is 3.08. The molecule has 22 heavy (non-hydrogen) atoms. The van der Waals surface area contributed by atoms with Gasteiger partial charge in [0.25, 0.3) is 0 Å². The van der Waals surface area contributed by atoms with E-state index in [2.05, 4.69) is 48.1 Å². The highest BCUT2D eigenvalue weighted by Crippen LogP contribution is 2.18. The van der Waals surface area contributed by atoms with Crippen LogP contribution in [0, 0.1) is 13.8 Å². The summed E-state index contributed by atoms with van der Waals surface area (Å²) >= 11 is 0. The van der Waals surface area contributed by atoms with Crippen LogP contribution in [0.2, 0.25) is 0 Å². The zero-order valence-electron chi connectivity index (χ0n) is 14.4. The molecule has 2 N–H and O–H groups in total. The van der Waals surface area contributed by atoms with E-state index < -0.39 is 0 Å². The van der Waals surface area contributed by atoms with Crippen LogP contribution >= 0.6 is 0 Å². The van der Waals surface area contributed by atoms with Crippen molar-refractivity contribution in [2.75, 3.05) is 19.6 Å². The zero-order chi connectivity index (χ0) is 16.3. The fourth-order valence-corrected chi connectivity index (χ4v) is 3.08. The number of amides is 2. The van der Waals surface area contributed by atoms with Crippen molar-refractivity contribution >= 4 is 6.03 Å². The molecule has 1 saturated heterocycles. The van der Waals surface area contributed by atoms with Crippen LogP contribution in [-0.2, 0) is 6.54 Å². The normalized spacial score (nSPS) is 18.3. The number of urea groups is 1. The summed E-state index contributed by atoms with van der Waals surface area (Å²) in [5.41, 5.74) is 3.61. The third-order valence-electron chi connectivity index (χ3n) is 4.33. The first-order chi connectivity index (χ1) is 10.4. The van der Waals surface area contributed by atoms with Gasteiger partial charge < -0.3 is 15.5 Å². The molecule has 1 atom stereocenters. The molecule has 2 heterocycles. The van der Waals surface area contributed by atoms with Gasteiger partial charge in [-0.1, -0.05) is 0 Å². The number of hydrogen-bond donors (Lipinski definition) is 2. The highest BCUT2D eigenvalue weighted by molar-refractivity contribution is 5.74. The van der Waals surface area contributed by atoms with Gasteiger partial charge in [0, 0.05) is 49.5 Å². The maximum absolute atomic E-state index is 11.8. The molecule has 6 heteroatoms. The van der Waals surface area contributed by atoms with Gasteiger partial charge in [0.2, 0.25) is 0 Å². The molecule has 1 aliphatic rings. The van der Waals surface area contributed by atoms with Crippen LogP contribution < -0.4 is 10.6 Å². The van der Waals surface area contributed by atoms with Gasteiger partial charge >= 0.3 is 6.03 Å². The van der Waals surface area contributed by atoms with Crippen molar-refractivity contribution in [1.29, 1.82) is 0 Å². The summed E-state index contributed by atoms with van der Waals surface area (Å²) < 4.78 is 2.09. The van der Waals surface area contributed by atoms with Gasteiger partial charge in [0.1, 0.15) is 0 Å². The van der Waals surface area contributed by atoms with Crippen LogP contribution in [0.4, 0.5) is 4.79 Å². The second-order valence-electron chi connectivity index (χ2n) is 6.34. The molecule has 0 radical (unpaired) electrons. The van der Waals surface area contributed by atoms with E-state index in [0.717, 1.165) is 31.7 Å². The van der Waals surface area contributed by atoms with Crippen LogP contribution in [0.5, 0.6) is 0 Å². The molecule has 1 aromatic heterocycles. The Hall–Kier alpha value is -1.56. The summed E-state index contributed by atoms with van der Waals surface area (Å²) in [4.78, 5) is 13.7. The minimum atomic E-state index is 0.0480. The molecule has 0 spiro atoms. The topological polar surface area (TPSA) is 62.2 Å². The van der Waals surface area contributed by atoms with Gasteiger partial charge in [-0.25, -0.2) is 4.79 Å². The number of nitrogens with one attached hydrogen (secondary N) is 2. The summed E-state index contributed by atoms with van der Waals surface area (Å²) in [5, 5.41) is 11.1. The molecule has 124 valence electrons. The lowest BCUT2D eigenvalue weighted by molar-refractivity contribution is 0.208. The maximum atomic E-state index is 11.8. The van der Waals surface area contributed by atoms with Crippen molar-refractivity contribution in [3.8, 4) is 0 Å². The Bertz CT molecular complexity index is 523. The average molecular weight is 307 g/mol. The molecule has 1 aliphatic heterocycles. The highest BCUT2D eigenvalue weighted by atomic mass is 16.2. The van der Waals surface area contributed by atoms with Crippen molar-refractivity contribution < 1.29 is 4.79 Å². The minimum absolute atomic E-state index is 0.0480. The molecule has 0 bridgehead atoms. The van der Waals surface area contributed by atoms with E-state index in [1.165, 1.54) is 11.3 Å². The van der Waals surface area contributed by atoms with Crippen molar-refractivity contribution in [2.24, 2.45) is 0 Å². The van der Waals surface area contributed by atoms with E-state index >= 15 is 0 Å². The van der Waals surface area contributed by atoms with Gasteiger partial charge in [-0.15, -0.1) is 0 Å². The molecule has 2 amide bonds. The maximum Gasteiger partial charge on any atom is 0.317 e. The summed E-state index contributed by atoms with van der Waals surface area (Å²) in [6, 6.07) is 0.794. The van der Waals surface area contributed by atoms with Gasteiger partial charge in [-0.2, -0.15) is 5.10 Å². The predicted octanol–water partition coefficient (Wildman–Crippen LogP) is 1.97. The van der Waals surface area contributed by atoms with Crippen molar-refractivity contribution in [3.63, 3.8) is 0 Å². The third kappa shape index (κ3) is 3.61. The predicted molar refractivity (Wildman–Crippen MR) is 88.0 cm³/mol. The third-order valence-corrected chi connectivity index (χ3v) is 4.33. The lowest BCUT2D eigenvalue weighted by atomic mass is 10.1. The highest BCUT2D eigenvalue weighted by Gasteiger charge is 2.26. The molecule has 0 aromatic carbocycles. The quantitative estimate of drug-likeness (QED) is 0.874. The number of aryl methyl sites for hydroxylation is 1. The average Bonchev–Trinajstić information content (AvgIpc) is 3.03. The first-order valence-electron chi connectivity index (χ1n) is 8.24. The van der Waals surface area contributed by atoms with E-state index in [1.54, 1.807) is 0 Å². The van der Waals surface area contributed by atoms with Crippen LogP contribution in [-0.4, -0.2) is 46.4 Å². The number of rotatable bonds is 5. The Balaban J connectivity index is 1.91. The van der Waals surface area contributed by atoms with Crippen LogP contribution in [0.15, 0.2) is 0 Å². The smallest absolute Gasteiger partial charge is 0.317 e. The van der Waals surface area contributed by atoms with E-state index in [0.29, 0.717) is 18.6 Å². The number of nitrogens with zero attached hydrogens (tertiary/aromatic N) is 3. The standard InChI is InChI=1S/C16H29N5O/c1-6-17-16(22)20-8-7-14(10-20)18-9-15-12(4)19-21(11(2)3)13(15)5/h11,14,18H,6-10H2,1-5H3,(H,17,22). The second-order valence-corrected chi connectivity index (χ2v) is 6.34. The Morgan fingerprint density at radius 3 is 2.73 bits per heavy atom. The number of carbonyl (C=O) groups is 1. The minimum Gasteiger partial charge on any atom is -0.338 e. The van der Waals surface area contributed by atoms with Crippen LogP contribution in [0.1, 0.15) is 50.2 Å². The largest absolute Gasteiger partial charge is 0.338 e. The van der Waals surface area contributed by atoms with E-state index in [-0.39, 0.29) is 6.03 Å². The molecule has 1 fully saturated rings. The van der Waals surface area contributed by atoms with Gasteiger partial charge in [0.05, 0.1) is 5.69 Å². The molecule has 6 nitrogen and oxygen atoms in total. The SMILES string of the molecule is CCNC(=O)N1CCC(NCc2c(C)nn(C(C)C)c2C)C1. The fraction of sp³-hybridized carbons (Fsp3) is 0.750. The Morgan fingerprint density at radius 1 is 1.41 bits per heavy atom. The Kier molecular flexibility index (Phi) is 5.45. The van der Waals surface area contributed by atoms with E-state index in [4.69, 9.17) is 0 Å². The Morgan fingerprint density at radius 2 is 2.14 bits per heavy atom. The van der Waals surface area contributed by atoms with E-state index in [9.17, 15) is 4.79 Å².